The molecule has 0 amide bonds. The molecular weight excluding hydrogens is 298 g/mol. The van der Waals surface area contributed by atoms with E-state index in [-0.39, 0.29) is 0 Å². The molecule has 0 aliphatic carbocycles. The van der Waals surface area contributed by atoms with Gasteiger partial charge in [0.1, 0.15) is 0 Å². The van der Waals surface area contributed by atoms with E-state index in [0.717, 1.165) is 22.8 Å². The normalized spacial score (nSPS) is 14.4. The number of hydrazone groups is 1. The summed E-state index contributed by atoms with van der Waals surface area (Å²) in [7, 11) is 0. The number of hydrogen-bond donors (Lipinski definition) is 1. The third-order valence-corrected chi connectivity index (χ3v) is 3.81. The molecule has 3 aromatic rings. The van der Waals surface area contributed by atoms with Crippen LogP contribution in [0.5, 0.6) is 0 Å². The Morgan fingerprint density at radius 2 is 1.38 bits per heavy atom. The minimum Gasteiger partial charge on any atom is -0.265 e. The minimum atomic E-state index is 0.614. The van der Waals surface area contributed by atoms with E-state index >= 15 is 0 Å². The highest BCUT2D eigenvalue weighted by atomic mass is 15.7. The predicted molar refractivity (Wildman–Crippen MR) is 94.4 cm³/mol. The van der Waals surface area contributed by atoms with Crippen molar-refractivity contribution in [3.05, 3.63) is 90.8 Å². The zero-order valence-corrected chi connectivity index (χ0v) is 13.1. The largest absolute Gasteiger partial charge is 0.327 e. The molecule has 1 aromatic heterocycles. The fraction of sp³-hybridized carbons (Fsp3) is 0.0526. The molecule has 117 valence electrons. The second kappa shape index (κ2) is 6.52. The number of aromatic nitrogens is 1. The van der Waals surface area contributed by atoms with E-state index in [9.17, 15) is 0 Å². The van der Waals surface area contributed by atoms with Crippen LogP contribution in [0.1, 0.15) is 5.56 Å². The van der Waals surface area contributed by atoms with E-state index in [2.05, 4.69) is 39.7 Å². The number of nitrogens with zero attached hydrogens (tertiary/aromatic N) is 4. The van der Waals surface area contributed by atoms with E-state index in [1.54, 1.807) is 12.4 Å². The Bertz CT molecular complexity index is 818. The summed E-state index contributed by atoms with van der Waals surface area (Å²) in [5.74, 6) is 0.788. The molecule has 24 heavy (non-hydrogen) atoms. The number of nitrogens with one attached hydrogen (secondary N) is 1. The summed E-state index contributed by atoms with van der Waals surface area (Å²) in [6.45, 7) is 0.614. The minimum absolute atomic E-state index is 0.614. The average molecular weight is 315 g/mol. The molecule has 0 saturated heterocycles. The summed E-state index contributed by atoms with van der Waals surface area (Å²) in [6, 6.07) is 24.3. The van der Waals surface area contributed by atoms with Crippen LogP contribution in [0.25, 0.3) is 0 Å². The lowest BCUT2D eigenvalue weighted by Crippen LogP contribution is -3.00. The van der Waals surface area contributed by atoms with E-state index in [1.165, 1.54) is 0 Å². The van der Waals surface area contributed by atoms with Gasteiger partial charge in [-0.2, -0.15) is 0 Å². The molecule has 5 nitrogen and oxygen atoms in total. The monoisotopic (exact) mass is 315 g/mol. The van der Waals surface area contributed by atoms with Crippen molar-refractivity contribution < 1.29 is 5.43 Å². The third kappa shape index (κ3) is 2.98. The predicted octanol–water partition coefficient (Wildman–Crippen LogP) is 1.99. The van der Waals surface area contributed by atoms with Crippen molar-refractivity contribution in [2.24, 2.45) is 5.10 Å². The summed E-state index contributed by atoms with van der Waals surface area (Å²) < 4.78 is 0. The smallest absolute Gasteiger partial charge is 0.265 e. The van der Waals surface area contributed by atoms with Crippen LogP contribution >= 0.6 is 0 Å². The van der Waals surface area contributed by atoms with Gasteiger partial charge in [-0.05, 0) is 41.8 Å². The quantitative estimate of drug-likeness (QED) is 0.804. The van der Waals surface area contributed by atoms with Gasteiger partial charge in [0.05, 0.1) is 16.9 Å². The molecular formula is C19H17N5+. The van der Waals surface area contributed by atoms with Crippen molar-refractivity contribution in [3.63, 3.8) is 0 Å². The molecule has 0 fully saturated rings. The highest BCUT2D eigenvalue weighted by Gasteiger charge is 2.29. The molecule has 1 aliphatic heterocycles. The van der Waals surface area contributed by atoms with Gasteiger partial charge in [-0.25, -0.2) is 5.01 Å². The van der Waals surface area contributed by atoms with Crippen molar-refractivity contribution >= 4 is 17.2 Å². The van der Waals surface area contributed by atoms with E-state index < -0.39 is 0 Å². The molecule has 0 unspecified atom stereocenters. The molecule has 1 aliphatic rings. The summed E-state index contributed by atoms with van der Waals surface area (Å²) >= 11 is 0. The molecule has 2 heterocycles. The van der Waals surface area contributed by atoms with Crippen molar-refractivity contribution in [1.29, 1.82) is 0 Å². The molecule has 2 aromatic carbocycles. The number of amidine groups is 1. The summed E-state index contributed by atoms with van der Waals surface area (Å²) in [5.41, 5.74) is 6.52. The maximum Gasteiger partial charge on any atom is 0.327 e. The standard InChI is InChI=1S/C19H17N5/c1-3-7-17(8-4-1)23-15-24(18-9-5-2-6-10-18)22-19(21-23)16-11-13-20-14-12-16/h1-14,21H,15H2/q+1. The van der Waals surface area contributed by atoms with Gasteiger partial charge in [0.25, 0.3) is 0 Å². The van der Waals surface area contributed by atoms with Gasteiger partial charge in [-0.1, -0.05) is 36.4 Å². The van der Waals surface area contributed by atoms with Gasteiger partial charge >= 0.3 is 5.84 Å². The second-order valence-corrected chi connectivity index (χ2v) is 5.44. The SMILES string of the molecule is c1ccc(N2CN(c3ccccc3)[NH+]C(c3ccncc3)=N2)cc1. The van der Waals surface area contributed by atoms with Gasteiger partial charge < -0.3 is 0 Å². The number of anilines is 2. The number of para-hydroxylation sites is 2. The molecule has 0 spiro atoms. The van der Waals surface area contributed by atoms with Crippen LogP contribution in [0, 0.1) is 0 Å². The number of benzene rings is 2. The molecule has 5 heteroatoms. The first-order valence-corrected chi connectivity index (χ1v) is 7.81. The van der Waals surface area contributed by atoms with Crippen LogP contribution in [0.4, 0.5) is 11.4 Å². The van der Waals surface area contributed by atoms with Gasteiger partial charge in [0.15, 0.2) is 6.67 Å². The molecule has 0 atom stereocenters. The fourth-order valence-electron chi connectivity index (χ4n) is 2.60. The lowest BCUT2D eigenvalue weighted by atomic mass is 10.2. The Morgan fingerprint density at radius 3 is 2.04 bits per heavy atom. The van der Waals surface area contributed by atoms with Crippen LogP contribution < -0.4 is 15.4 Å². The number of pyridine rings is 1. The van der Waals surface area contributed by atoms with Crippen molar-refractivity contribution in [3.8, 4) is 0 Å². The van der Waals surface area contributed by atoms with Crippen molar-refractivity contribution in [2.45, 2.75) is 0 Å². The van der Waals surface area contributed by atoms with Gasteiger partial charge in [0, 0.05) is 12.4 Å². The van der Waals surface area contributed by atoms with E-state index in [1.807, 2.05) is 53.5 Å². The van der Waals surface area contributed by atoms with Crippen LogP contribution in [-0.4, -0.2) is 17.5 Å². The Balaban J connectivity index is 1.73. The van der Waals surface area contributed by atoms with Crippen molar-refractivity contribution in [2.75, 3.05) is 16.7 Å². The Morgan fingerprint density at radius 1 is 0.750 bits per heavy atom. The second-order valence-electron chi connectivity index (χ2n) is 5.44. The van der Waals surface area contributed by atoms with Crippen LogP contribution in [-0.2, 0) is 0 Å². The first kappa shape index (κ1) is 14.4. The summed E-state index contributed by atoms with van der Waals surface area (Å²) in [6.07, 6.45) is 3.54. The summed E-state index contributed by atoms with van der Waals surface area (Å²) in [5, 5.41) is 8.83. The highest BCUT2D eigenvalue weighted by molar-refractivity contribution is 5.92. The lowest BCUT2D eigenvalue weighted by molar-refractivity contribution is -0.556. The lowest BCUT2D eigenvalue weighted by Gasteiger charge is -2.28. The van der Waals surface area contributed by atoms with E-state index in [0.29, 0.717) is 6.67 Å². The van der Waals surface area contributed by atoms with Crippen LogP contribution in [0.3, 0.4) is 0 Å². The first-order valence-electron chi connectivity index (χ1n) is 7.81. The van der Waals surface area contributed by atoms with Crippen LogP contribution in [0.2, 0.25) is 0 Å². The maximum absolute atomic E-state index is 4.77. The molecule has 0 bridgehead atoms. The number of hydrogen-bond acceptors (Lipinski definition) is 5. The zero-order chi connectivity index (χ0) is 16.2. The average Bonchev–Trinajstić information content (AvgIpc) is 2.70. The zero-order valence-electron chi connectivity index (χ0n) is 13.1. The number of hydrazine groups is 1. The van der Waals surface area contributed by atoms with E-state index in [4.69, 9.17) is 5.10 Å². The Kier molecular flexibility index (Phi) is 3.91. The van der Waals surface area contributed by atoms with Crippen LogP contribution in [0.15, 0.2) is 90.3 Å². The number of rotatable bonds is 3. The molecule has 1 radical (unpaired) electrons. The highest BCUT2D eigenvalue weighted by Crippen LogP contribution is 2.18. The molecule has 4 rings (SSSR count). The van der Waals surface area contributed by atoms with Crippen molar-refractivity contribution in [1.82, 2.24) is 4.98 Å². The van der Waals surface area contributed by atoms with Gasteiger partial charge in [0.2, 0.25) is 0 Å². The first-order chi connectivity index (χ1) is 11.9. The summed E-state index contributed by atoms with van der Waals surface area (Å²) in [4.78, 5) is 4.08. The van der Waals surface area contributed by atoms with Gasteiger partial charge in [-0.3, -0.25) is 4.98 Å². The Hall–Kier alpha value is -3.18. The topological polar surface area (TPSA) is 47.3 Å². The fourth-order valence-corrected chi connectivity index (χ4v) is 2.60. The Labute approximate surface area is 140 Å². The third-order valence-electron chi connectivity index (χ3n) is 3.81. The van der Waals surface area contributed by atoms with Gasteiger partial charge in [-0.15, -0.1) is 10.1 Å². The molecule has 1 N–H and O–H groups in total. The molecule has 0 saturated carbocycles. The maximum atomic E-state index is 4.77.